The first-order valence-corrected chi connectivity index (χ1v) is 11.1. The van der Waals surface area contributed by atoms with Crippen LogP contribution in [0, 0.1) is 13.8 Å². The van der Waals surface area contributed by atoms with Gasteiger partial charge >= 0.3 is 0 Å². The van der Waals surface area contributed by atoms with E-state index in [4.69, 9.17) is 0 Å². The molecule has 1 aromatic carbocycles. The number of nitrogens with zero attached hydrogens (tertiary/aromatic N) is 2. The molecule has 1 atom stereocenters. The highest BCUT2D eigenvalue weighted by atomic mass is 32.1. The first-order chi connectivity index (χ1) is 14.4. The SMILES string of the molecule is Cc1nc(NC(=O)c2cc(C(=O)N[C@H](C)c3ccccc3)n3c2CCCC3)sc1C. The first-order valence-electron chi connectivity index (χ1n) is 10.3. The van der Waals surface area contributed by atoms with E-state index in [-0.39, 0.29) is 17.9 Å². The molecule has 0 fully saturated rings. The normalized spacial score (nSPS) is 14.1. The molecular weight excluding hydrogens is 396 g/mol. The minimum Gasteiger partial charge on any atom is -0.344 e. The minimum atomic E-state index is -0.204. The van der Waals surface area contributed by atoms with Crippen molar-refractivity contribution in [2.24, 2.45) is 0 Å². The van der Waals surface area contributed by atoms with Gasteiger partial charge in [-0.15, -0.1) is 11.3 Å². The first kappa shape index (κ1) is 20.3. The van der Waals surface area contributed by atoms with E-state index in [2.05, 4.69) is 15.6 Å². The van der Waals surface area contributed by atoms with Crippen LogP contribution in [-0.4, -0.2) is 21.4 Å². The van der Waals surface area contributed by atoms with E-state index in [1.54, 1.807) is 6.07 Å². The number of thiazole rings is 1. The van der Waals surface area contributed by atoms with Gasteiger partial charge in [-0.3, -0.25) is 14.9 Å². The predicted octanol–water partition coefficient (Wildman–Crippen LogP) is 4.64. The van der Waals surface area contributed by atoms with Crippen molar-refractivity contribution in [3.8, 4) is 0 Å². The lowest BCUT2D eigenvalue weighted by Gasteiger charge is -2.20. The van der Waals surface area contributed by atoms with Crippen molar-refractivity contribution in [3.63, 3.8) is 0 Å². The van der Waals surface area contributed by atoms with Gasteiger partial charge in [-0.2, -0.15) is 0 Å². The maximum atomic E-state index is 13.1. The number of rotatable bonds is 5. The monoisotopic (exact) mass is 422 g/mol. The van der Waals surface area contributed by atoms with Gasteiger partial charge in [0.25, 0.3) is 11.8 Å². The standard InChI is InChI=1S/C23H26N4O2S/c1-14-16(3)30-23(25-14)26-21(28)18-13-20(27-12-8-7-11-19(18)27)22(29)24-15(2)17-9-5-4-6-10-17/h4-6,9-10,13,15H,7-8,11-12H2,1-3H3,(H,24,29)(H,25,26,28)/t15-/m1/s1. The molecular formula is C23H26N4O2S. The van der Waals surface area contributed by atoms with Crippen molar-refractivity contribution in [1.82, 2.24) is 14.9 Å². The molecule has 2 N–H and O–H groups in total. The van der Waals surface area contributed by atoms with E-state index >= 15 is 0 Å². The van der Waals surface area contributed by atoms with Gasteiger partial charge < -0.3 is 9.88 Å². The van der Waals surface area contributed by atoms with Crippen molar-refractivity contribution in [1.29, 1.82) is 0 Å². The zero-order valence-corrected chi connectivity index (χ0v) is 18.3. The molecule has 3 aromatic rings. The molecule has 30 heavy (non-hydrogen) atoms. The van der Waals surface area contributed by atoms with E-state index in [9.17, 15) is 9.59 Å². The van der Waals surface area contributed by atoms with E-state index in [0.717, 1.165) is 47.6 Å². The van der Waals surface area contributed by atoms with Crippen LogP contribution in [0.25, 0.3) is 0 Å². The smallest absolute Gasteiger partial charge is 0.268 e. The number of hydrogen-bond acceptors (Lipinski definition) is 4. The molecule has 1 aliphatic rings. The van der Waals surface area contributed by atoms with Gasteiger partial charge in [-0.1, -0.05) is 30.3 Å². The van der Waals surface area contributed by atoms with E-state index < -0.39 is 0 Å². The number of amides is 2. The molecule has 6 nitrogen and oxygen atoms in total. The summed E-state index contributed by atoms with van der Waals surface area (Å²) in [6, 6.07) is 11.5. The molecule has 0 saturated carbocycles. The summed E-state index contributed by atoms with van der Waals surface area (Å²) < 4.78 is 2.00. The molecule has 0 bridgehead atoms. The van der Waals surface area contributed by atoms with Crippen LogP contribution in [0.5, 0.6) is 0 Å². The molecule has 156 valence electrons. The van der Waals surface area contributed by atoms with Gasteiger partial charge in [-0.25, -0.2) is 4.98 Å². The largest absolute Gasteiger partial charge is 0.344 e. The van der Waals surface area contributed by atoms with Crippen LogP contribution in [0.1, 0.15) is 68.5 Å². The number of benzene rings is 1. The van der Waals surface area contributed by atoms with Gasteiger partial charge in [-0.05, 0) is 51.7 Å². The number of hydrogen-bond donors (Lipinski definition) is 2. The second-order valence-electron chi connectivity index (χ2n) is 7.72. The van der Waals surface area contributed by atoms with Crippen molar-refractivity contribution in [2.45, 2.75) is 52.6 Å². The zero-order valence-electron chi connectivity index (χ0n) is 17.5. The second-order valence-corrected chi connectivity index (χ2v) is 8.92. The fourth-order valence-corrected chi connectivity index (χ4v) is 4.66. The lowest BCUT2D eigenvalue weighted by Crippen LogP contribution is -2.29. The number of carbonyl (C=O) groups is 2. The summed E-state index contributed by atoms with van der Waals surface area (Å²) in [7, 11) is 0. The lowest BCUT2D eigenvalue weighted by atomic mass is 10.1. The Morgan fingerprint density at radius 1 is 1.13 bits per heavy atom. The summed E-state index contributed by atoms with van der Waals surface area (Å²) in [5, 5.41) is 6.58. The van der Waals surface area contributed by atoms with Crippen molar-refractivity contribution < 1.29 is 9.59 Å². The Balaban J connectivity index is 1.59. The molecule has 0 spiro atoms. The Bertz CT molecular complexity index is 1060. The quantitative estimate of drug-likeness (QED) is 0.629. The molecule has 2 amide bonds. The summed E-state index contributed by atoms with van der Waals surface area (Å²) in [6.07, 6.45) is 2.81. The van der Waals surface area contributed by atoms with Crippen LogP contribution >= 0.6 is 11.3 Å². The number of nitrogens with one attached hydrogen (secondary N) is 2. The summed E-state index contributed by atoms with van der Waals surface area (Å²) in [5.74, 6) is -0.362. The fraction of sp³-hybridized carbons (Fsp3) is 0.348. The number of carbonyl (C=O) groups excluding carboxylic acids is 2. The summed E-state index contributed by atoms with van der Waals surface area (Å²) in [6.45, 7) is 6.63. The summed E-state index contributed by atoms with van der Waals surface area (Å²) >= 11 is 1.46. The molecule has 0 saturated heterocycles. The molecule has 3 heterocycles. The van der Waals surface area contributed by atoms with Crippen LogP contribution in [0.3, 0.4) is 0 Å². The van der Waals surface area contributed by atoms with E-state index in [1.807, 2.05) is 55.7 Å². The average molecular weight is 423 g/mol. The van der Waals surface area contributed by atoms with Gasteiger partial charge in [0.15, 0.2) is 5.13 Å². The van der Waals surface area contributed by atoms with Crippen molar-refractivity contribution in [2.75, 3.05) is 5.32 Å². The Hall–Kier alpha value is -2.93. The minimum absolute atomic E-state index is 0.119. The third kappa shape index (κ3) is 4.03. The molecule has 4 rings (SSSR count). The van der Waals surface area contributed by atoms with Crippen molar-refractivity contribution in [3.05, 3.63) is 69.5 Å². The molecule has 0 unspecified atom stereocenters. The summed E-state index contributed by atoms with van der Waals surface area (Å²) in [4.78, 5) is 31.6. The zero-order chi connectivity index (χ0) is 21.3. The number of aromatic nitrogens is 2. The Kier molecular flexibility index (Phi) is 5.72. The van der Waals surface area contributed by atoms with E-state index in [1.165, 1.54) is 11.3 Å². The van der Waals surface area contributed by atoms with Gasteiger partial charge in [0.05, 0.1) is 17.3 Å². The third-order valence-electron chi connectivity index (χ3n) is 5.63. The Labute approximate surface area is 180 Å². The highest BCUT2D eigenvalue weighted by Gasteiger charge is 2.26. The van der Waals surface area contributed by atoms with Crippen LogP contribution < -0.4 is 10.6 Å². The van der Waals surface area contributed by atoms with Crippen LogP contribution in [0.4, 0.5) is 5.13 Å². The van der Waals surface area contributed by atoms with Crippen LogP contribution in [0.15, 0.2) is 36.4 Å². The highest BCUT2D eigenvalue weighted by Crippen LogP contribution is 2.27. The maximum Gasteiger partial charge on any atom is 0.268 e. The molecule has 7 heteroatoms. The third-order valence-corrected chi connectivity index (χ3v) is 6.62. The summed E-state index contributed by atoms with van der Waals surface area (Å²) in [5.41, 5.74) is 4.01. The fourth-order valence-electron chi connectivity index (χ4n) is 3.85. The molecule has 2 aromatic heterocycles. The van der Waals surface area contributed by atoms with Gasteiger partial charge in [0.2, 0.25) is 0 Å². The number of aryl methyl sites for hydroxylation is 2. The van der Waals surface area contributed by atoms with Crippen LogP contribution in [-0.2, 0) is 13.0 Å². The average Bonchev–Trinajstić information content (AvgIpc) is 3.28. The van der Waals surface area contributed by atoms with Gasteiger partial charge in [0.1, 0.15) is 5.69 Å². The molecule has 0 radical (unpaired) electrons. The molecule has 1 aliphatic heterocycles. The maximum absolute atomic E-state index is 13.1. The van der Waals surface area contributed by atoms with Gasteiger partial charge in [0, 0.05) is 17.1 Å². The Morgan fingerprint density at radius 3 is 2.60 bits per heavy atom. The number of anilines is 1. The second kappa shape index (κ2) is 8.44. The molecule has 0 aliphatic carbocycles. The lowest BCUT2D eigenvalue weighted by molar-refractivity contribution is 0.0929. The van der Waals surface area contributed by atoms with Crippen molar-refractivity contribution >= 4 is 28.3 Å². The topological polar surface area (TPSA) is 76.0 Å². The highest BCUT2D eigenvalue weighted by molar-refractivity contribution is 7.15. The Morgan fingerprint density at radius 2 is 1.90 bits per heavy atom. The predicted molar refractivity (Wildman–Crippen MR) is 119 cm³/mol. The number of fused-ring (bicyclic) bond motifs is 1. The van der Waals surface area contributed by atoms with E-state index in [0.29, 0.717) is 16.4 Å². The van der Waals surface area contributed by atoms with Crippen LogP contribution in [0.2, 0.25) is 0 Å².